The molecule has 0 aliphatic carbocycles. The molecule has 0 fully saturated rings. The summed E-state index contributed by atoms with van der Waals surface area (Å²) in [6.07, 6.45) is 0.882. The van der Waals surface area contributed by atoms with Gasteiger partial charge < -0.3 is 9.47 Å². The lowest BCUT2D eigenvalue weighted by Gasteiger charge is -2.22. The molecule has 0 saturated carbocycles. The maximum Gasteiger partial charge on any atom is 0.131 e. The molecule has 1 aliphatic heterocycles. The fourth-order valence-electron chi connectivity index (χ4n) is 2.95. The largest absolute Gasteiger partial charge is 0.494 e. The smallest absolute Gasteiger partial charge is 0.131 e. The van der Waals surface area contributed by atoms with Crippen LogP contribution in [0.4, 0.5) is 0 Å². The van der Waals surface area contributed by atoms with Gasteiger partial charge >= 0.3 is 0 Å². The second-order valence-corrected chi connectivity index (χ2v) is 5.24. The van der Waals surface area contributed by atoms with Gasteiger partial charge in [-0.2, -0.15) is 0 Å². The Morgan fingerprint density at radius 1 is 1.00 bits per heavy atom. The van der Waals surface area contributed by atoms with Gasteiger partial charge in [0.05, 0.1) is 6.61 Å². The Morgan fingerprint density at radius 2 is 1.86 bits per heavy atom. The van der Waals surface area contributed by atoms with Gasteiger partial charge in [0.25, 0.3) is 0 Å². The van der Waals surface area contributed by atoms with Gasteiger partial charge in [0.1, 0.15) is 17.2 Å². The molecule has 0 saturated heterocycles. The van der Waals surface area contributed by atoms with Gasteiger partial charge in [-0.05, 0) is 42.0 Å². The van der Waals surface area contributed by atoms with Crippen LogP contribution in [0, 0.1) is 0 Å². The number of rotatable bonds is 2. The molecule has 1 aliphatic rings. The summed E-state index contributed by atoms with van der Waals surface area (Å²) in [5.74, 6) is 2.80. The summed E-state index contributed by atoms with van der Waals surface area (Å²) in [5.41, 5.74) is 2.44. The van der Waals surface area contributed by atoms with Gasteiger partial charge in [-0.15, -0.1) is 0 Å². The maximum atomic E-state index is 6.06. The van der Waals surface area contributed by atoms with Crippen molar-refractivity contribution >= 4 is 10.8 Å². The van der Waals surface area contributed by atoms with E-state index in [4.69, 9.17) is 9.47 Å². The summed E-state index contributed by atoms with van der Waals surface area (Å²) in [4.78, 5) is 0. The molecule has 0 atom stereocenters. The average molecular weight is 276 g/mol. The Hall–Kier alpha value is -2.48. The first kappa shape index (κ1) is 12.3. The normalized spacial score (nSPS) is 12.4. The van der Waals surface area contributed by atoms with Crippen molar-refractivity contribution in [3.8, 4) is 17.2 Å². The standard InChI is InChI=1S/C19H16O2/c1-2-20-15-8-10-18-14(11-15)12-17-16-6-4-3-5-13(16)7-9-19(17)21-18/h3-11H,2,12H2,1H3. The van der Waals surface area contributed by atoms with E-state index in [1.165, 1.54) is 21.9 Å². The number of benzene rings is 3. The highest BCUT2D eigenvalue weighted by atomic mass is 16.5. The second kappa shape index (κ2) is 4.81. The van der Waals surface area contributed by atoms with Crippen LogP contribution < -0.4 is 9.47 Å². The molecule has 0 amide bonds. The highest BCUT2D eigenvalue weighted by Crippen LogP contribution is 2.41. The molecule has 0 unspecified atom stereocenters. The summed E-state index contributed by atoms with van der Waals surface area (Å²) in [6.45, 7) is 2.68. The van der Waals surface area contributed by atoms with Crippen LogP contribution in [-0.2, 0) is 6.42 Å². The molecule has 3 aromatic carbocycles. The van der Waals surface area contributed by atoms with Crippen LogP contribution in [0.1, 0.15) is 18.1 Å². The van der Waals surface area contributed by atoms with E-state index in [0.717, 1.165) is 23.7 Å². The molecule has 3 aromatic rings. The van der Waals surface area contributed by atoms with Crippen LogP contribution in [0.3, 0.4) is 0 Å². The summed E-state index contributed by atoms with van der Waals surface area (Å²) in [6, 6.07) is 18.7. The highest BCUT2D eigenvalue weighted by Gasteiger charge is 2.19. The van der Waals surface area contributed by atoms with Gasteiger partial charge in [0, 0.05) is 17.5 Å². The number of hydrogen-bond acceptors (Lipinski definition) is 2. The molecule has 0 N–H and O–H groups in total. The molecule has 0 spiro atoms. The van der Waals surface area contributed by atoms with E-state index in [9.17, 15) is 0 Å². The van der Waals surface area contributed by atoms with Crippen molar-refractivity contribution in [2.45, 2.75) is 13.3 Å². The molecule has 4 rings (SSSR count). The summed E-state index contributed by atoms with van der Waals surface area (Å²) in [7, 11) is 0. The molecule has 0 bridgehead atoms. The molecule has 1 heterocycles. The van der Waals surface area contributed by atoms with Crippen LogP contribution in [0.15, 0.2) is 54.6 Å². The van der Waals surface area contributed by atoms with Gasteiger partial charge in [-0.1, -0.05) is 30.3 Å². The third-order valence-electron chi connectivity index (χ3n) is 3.93. The van der Waals surface area contributed by atoms with Gasteiger partial charge in [-0.3, -0.25) is 0 Å². The zero-order valence-corrected chi connectivity index (χ0v) is 11.9. The van der Waals surface area contributed by atoms with Crippen LogP contribution in [0.25, 0.3) is 10.8 Å². The van der Waals surface area contributed by atoms with Gasteiger partial charge in [0.2, 0.25) is 0 Å². The lowest BCUT2D eigenvalue weighted by molar-refractivity contribution is 0.339. The first-order chi connectivity index (χ1) is 10.3. The van der Waals surface area contributed by atoms with Gasteiger partial charge in [-0.25, -0.2) is 0 Å². The summed E-state index contributed by atoms with van der Waals surface area (Å²) < 4.78 is 11.7. The Morgan fingerprint density at radius 3 is 2.76 bits per heavy atom. The molecule has 2 heteroatoms. The van der Waals surface area contributed by atoms with Crippen LogP contribution >= 0.6 is 0 Å². The van der Waals surface area contributed by atoms with Crippen molar-refractivity contribution < 1.29 is 9.47 Å². The minimum atomic E-state index is 0.680. The second-order valence-electron chi connectivity index (χ2n) is 5.24. The third-order valence-corrected chi connectivity index (χ3v) is 3.93. The predicted octanol–water partition coefficient (Wildman–Crippen LogP) is 4.94. The van der Waals surface area contributed by atoms with E-state index in [1.54, 1.807) is 0 Å². The lowest BCUT2D eigenvalue weighted by Crippen LogP contribution is -2.04. The monoisotopic (exact) mass is 276 g/mol. The van der Waals surface area contributed by atoms with Crippen molar-refractivity contribution in [3.63, 3.8) is 0 Å². The summed E-state index contributed by atoms with van der Waals surface area (Å²) >= 11 is 0. The van der Waals surface area contributed by atoms with E-state index in [2.05, 4.69) is 42.5 Å². The molecule has 0 radical (unpaired) electrons. The SMILES string of the molecule is CCOc1ccc2c(c1)Cc1c(ccc3ccccc13)O2. The van der Waals surface area contributed by atoms with Crippen molar-refractivity contribution in [1.82, 2.24) is 0 Å². The molecule has 21 heavy (non-hydrogen) atoms. The maximum absolute atomic E-state index is 6.06. The molecule has 104 valence electrons. The number of hydrogen-bond donors (Lipinski definition) is 0. The van der Waals surface area contributed by atoms with Crippen LogP contribution in [-0.4, -0.2) is 6.61 Å². The number of ether oxygens (including phenoxy) is 2. The van der Waals surface area contributed by atoms with E-state index < -0.39 is 0 Å². The van der Waals surface area contributed by atoms with E-state index in [1.807, 2.05) is 19.1 Å². The zero-order chi connectivity index (χ0) is 14.2. The molecule has 2 nitrogen and oxygen atoms in total. The van der Waals surface area contributed by atoms with Crippen molar-refractivity contribution in [1.29, 1.82) is 0 Å². The summed E-state index contributed by atoms with van der Waals surface area (Å²) in [5, 5.41) is 2.52. The Bertz CT molecular complexity index is 821. The number of fused-ring (bicyclic) bond motifs is 4. The lowest BCUT2D eigenvalue weighted by atomic mass is 9.95. The minimum Gasteiger partial charge on any atom is -0.494 e. The van der Waals surface area contributed by atoms with Crippen molar-refractivity contribution in [2.75, 3.05) is 6.61 Å². The minimum absolute atomic E-state index is 0.680. The zero-order valence-electron chi connectivity index (χ0n) is 11.9. The first-order valence-electron chi connectivity index (χ1n) is 7.29. The molecular weight excluding hydrogens is 260 g/mol. The van der Waals surface area contributed by atoms with Crippen LogP contribution in [0.2, 0.25) is 0 Å². The fraction of sp³-hybridized carbons (Fsp3) is 0.158. The Kier molecular flexibility index (Phi) is 2.81. The Labute approximate surface area is 123 Å². The molecular formula is C19H16O2. The van der Waals surface area contributed by atoms with E-state index >= 15 is 0 Å². The van der Waals surface area contributed by atoms with Crippen LogP contribution in [0.5, 0.6) is 17.2 Å². The third kappa shape index (κ3) is 2.04. The van der Waals surface area contributed by atoms with E-state index in [0.29, 0.717) is 6.61 Å². The Balaban J connectivity index is 1.83. The van der Waals surface area contributed by atoms with Crippen molar-refractivity contribution in [2.24, 2.45) is 0 Å². The predicted molar refractivity (Wildman–Crippen MR) is 84.4 cm³/mol. The van der Waals surface area contributed by atoms with E-state index in [-0.39, 0.29) is 0 Å². The quantitative estimate of drug-likeness (QED) is 0.516. The first-order valence-corrected chi connectivity index (χ1v) is 7.29. The molecule has 0 aromatic heterocycles. The average Bonchev–Trinajstić information content (AvgIpc) is 2.53. The van der Waals surface area contributed by atoms with Gasteiger partial charge in [0.15, 0.2) is 0 Å². The topological polar surface area (TPSA) is 18.5 Å². The highest BCUT2D eigenvalue weighted by molar-refractivity contribution is 5.88. The fourth-order valence-corrected chi connectivity index (χ4v) is 2.95. The van der Waals surface area contributed by atoms with Crippen molar-refractivity contribution in [3.05, 3.63) is 65.7 Å².